The Kier molecular flexibility index (Phi) is 5.72. The molecule has 0 aromatic carbocycles. The Hall–Kier alpha value is -2.26. The van der Waals surface area contributed by atoms with E-state index in [0.29, 0.717) is 32.0 Å². The van der Waals surface area contributed by atoms with Gasteiger partial charge >= 0.3 is 0 Å². The van der Waals surface area contributed by atoms with Crippen molar-refractivity contribution in [3.05, 3.63) is 12.7 Å². The van der Waals surface area contributed by atoms with Crippen molar-refractivity contribution >= 4 is 22.9 Å². The van der Waals surface area contributed by atoms with Crippen LogP contribution in [0.4, 0.5) is 5.82 Å². The monoisotopic (exact) mass is 388 g/mol. The zero-order valence-electron chi connectivity index (χ0n) is 16.5. The van der Waals surface area contributed by atoms with Crippen molar-refractivity contribution in [1.82, 2.24) is 24.4 Å². The summed E-state index contributed by atoms with van der Waals surface area (Å²) in [6.07, 6.45) is 4.90. The van der Waals surface area contributed by atoms with Crippen molar-refractivity contribution in [2.45, 2.75) is 45.4 Å². The highest BCUT2D eigenvalue weighted by atomic mass is 16.5. The molecule has 4 rings (SSSR count). The molecule has 0 spiro atoms. The Labute approximate surface area is 164 Å². The number of hydrogen-bond donors (Lipinski definition) is 1. The molecule has 152 valence electrons. The van der Waals surface area contributed by atoms with E-state index in [2.05, 4.69) is 27.2 Å². The quantitative estimate of drug-likeness (QED) is 0.825. The smallest absolute Gasteiger partial charge is 0.228 e. The lowest BCUT2D eigenvalue weighted by atomic mass is 10.0. The minimum atomic E-state index is -0.0860. The second kappa shape index (κ2) is 8.40. The predicted octanol–water partition coefficient (Wildman–Crippen LogP) is 1.30. The highest BCUT2D eigenvalue weighted by Crippen LogP contribution is 2.25. The Bertz CT molecular complexity index is 825. The van der Waals surface area contributed by atoms with Gasteiger partial charge in [0.15, 0.2) is 11.5 Å². The van der Waals surface area contributed by atoms with Gasteiger partial charge in [-0.25, -0.2) is 15.0 Å². The van der Waals surface area contributed by atoms with E-state index in [1.54, 1.807) is 12.7 Å². The van der Waals surface area contributed by atoms with Crippen LogP contribution in [0.2, 0.25) is 0 Å². The first-order chi connectivity index (χ1) is 13.7. The van der Waals surface area contributed by atoms with Gasteiger partial charge in [-0.05, 0) is 26.7 Å². The second-order valence-corrected chi connectivity index (χ2v) is 7.50. The number of hydrogen-bond acceptors (Lipinski definition) is 7. The predicted molar refractivity (Wildman–Crippen MR) is 104 cm³/mol. The molecule has 0 aliphatic carbocycles. The van der Waals surface area contributed by atoms with Crippen molar-refractivity contribution < 1.29 is 14.3 Å². The Morgan fingerprint density at radius 1 is 1.32 bits per heavy atom. The lowest BCUT2D eigenvalue weighted by Gasteiger charge is -2.28. The van der Waals surface area contributed by atoms with E-state index in [1.807, 2.05) is 16.4 Å². The van der Waals surface area contributed by atoms with E-state index >= 15 is 0 Å². The van der Waals surface area contributed by atoms with Gasteiger partial charge in [-0.1, -0.05) is 0 Å². The fourth-order valence-electron chi connectivity index (χ4n) is 3.94. The number of aromatic nitrogens is 4. The first-order valence-electron chi connectivity index (χ1n) is 10.1. The zero-order valence-corrected chi connectivity index (χ0v) is 16.5. The molecule has 9 heteroatoms. The lowest BCUT2D eigenvalue weighted by Crippen LogP contribution is -2.43. The summed E-state index contributed by atoms with van der Waals surface area (Å²) in [6.45, 7) is 8.07. The van der Waals surface area contributed by atoms with Crippen LogP contribution in [-0.4, -0.2) is 75.4 Å². The van der Waals surface area contributed by atoms with Crippen molar-refractivity contribution in [3.8, 4) is 0 Å². The molecular weight excluding hydrogens is 360 g/mol. The Morgan fingerprint density at radius 3 is 3.07 bits per heavy atom. The largest absolute Gasteiger partial charge is 0.379 e. The molecule has 2 aliphatic rings. The molecule has 9 nitrogen and oxygen atoms in total. The first-order valence-corrected chi connectivity index (χ1v) is 10.1. The van der Waals surface area contributed by atoms with Crippen LogP contribution in [0.25, 0.3) is 11.2 Å². The molecule has 3 atom stereocenters. The maximum atomic E-state index is 12.9. The van der Waals surface area contributed by atoms with Gasteiger partial charge < -0.3 is 24.3 Å². The molecule has 2 aromatic rings. The number of carbonyl (C=O) groups is 1. The molecule has 28 heavy (non-hydrogen) atoms. The van der Waals surface area contributed by atoms with Crippen molar-refractivity contribution in [2.75, 3.05) is 38.2 Å². The van der Waals surface area contributed by atoms with E-state index < -0.39 is 0 Å². The molecule has 2 aromatic heterocycles. The van der Waals surface area contributed by atoms with Crippen LogP contribution >= 0.6 is 0 Å². The normalized spacial score (nSPS) is 25.8. The summed E-state index contributed by atoms with van der Waals surface area (Å²) >= 11 is 0. The van der Waals surface area contributed by atoms with Gasteiger partial charge in [-0.15, -0.1) is 0 Å². The summed E-state index contributed by atoms with van der Waals surface area (Å²) in [5, 5.41) is 3.33. The van der Waals surface area contributed by atoms with Crippen LogP contribution in [-0.2, 0) is 20.8 Å². The number of imidazole rings is 1. The molecule has 1 amide bonds. The minimum Gasteiger partial charge on any atom is -0.379 e. The zero-order chi connectivity index (χ0) is 19.5. The van der Waals surface area contributed by atoms with E-state index in [9.17, 15) is 4.79 Å². The average molecular weight is 388 g/mol. The third kappa shape index (κ3) is 3.81. The second-order valence-electron chi connectivity index (χ2n) is 7.50. The molecular formula is C19H28N6O3. The number of anilines is 1. The topological polar surface area (TPSA) is 94.4 Å². The fourth-order valence-corrected chi connectivity index (χ4v) is 3.94. The van der Waals surface area contributed by atoms with E-state index in [4.69, 9.17) is 9.47 Å². The number of fused-ring (bicyclic) bond motifs is 1. The first kappa shape index (κ1) is 19.1. The van der Waals surface area contributed by atoms with Gasteiger partial charge in [0.2, 0.25) is 5.91 Å². The van der Waals surface area contributed by atoms with Crippen LogP contribution in [0.3, 0.4) is 0 Å². The average Bonchev–Trinajstić information content (AvgIpc) is 3.30. The molecule has 2 fully saturated rings. The van der Waals surface area contributed by atoms with Gasteiger partial charge in [-0.2, -0.15) is 0 Å². The van der Waals surface area contributed by atoms with E-state index in [0.717, 1.165) is 37.3 Å². The molecule has 4 heterocycles. The summed E-state index contributed by atoms with van der Waals surface area (Å²) in [4.78, 5) is 27.9. The summed E-state index contributed by atoms with van der Waals surface area (Å²) in [5.41, 5.74) is 1.58. The number of aryl methyl sites for hydroxylation is 1. The van der Waals surface area contributed by atoms with Crippen molar-refractivity contribution in [1.29, 1.82) is 0 Å². The van der Waals surface area contributed by atoms with Gasteiger partial charge in [0.25, 0.3) is 0 Å². The highest BCUT2D eigenvalue weighted by Gasteiger charge is 2.35. The molecule has 2 saturated heterocycles. The molecule has 0 bridgehead atoms. The van der Waals surface area contributed by atoms with E-state index in [1.165, 1.54) is 0 Å². The van der Waals surface area contributed by atoms with Gasteiger partial charge in [-0.3, -0.25) is 4.79 Å². The SMILES string of the molecule is CCn1cnc2c(NC[C@@H]3C[C@H](C(=O)N4CCCOCC4C)CO3)ncnc21. The molecule has 0 saturated carbocycles. The van der Waals surface area contributed by atoms with Crippen molar-refractivity contribution in [2.24, 2.45) is 5.92 Å². The van der Waals surface area contributed by atoms with Gasteiger partial charge in [0.05, 0.1) is 37.6 Å². The number of nitrogens with zero attached hydrogens (tertiary/aromatic N) is 5. The molecule has 0 radical (unpaired) electrons. The summed E-state index contributed by atoms with van der Waals surface area (Å²) < 4.78 is 13.4. The number of rotatable bonds is 5. The van der Waals surface area contributed by atoms with Crippen molar-refractivity contribution in [3.63, 3.8) is 0 Å². The van der Waals surface area contributed by atoms with E-state index in [-0.39, 0.29) is 24.0 Å². The molecule has 1 N–H and O–H groups in total. The fraction of sp³-hybridized carbons (Fsp3) is 0.684. The third-order valence-electron chi connectivity index (χ3n) is 5.53. The number of amides is 1. The third-order valence-corrected chi connectivity index (χ3v) is 5.53. The van der Waals surface area contributed by atoms with Gasteiger partial charge in [0.1, 0.15) is 11.8 Å². The lowest BCUT2D eigenvalue weighted by molar-refractivity contribution is -0.137. The van der Waals surface area contributed by atoms with Crippen LogP contribution < -0.4 is 5.32 Å². The maximum absolute atomic E-state index is 12.9. The molecule has 2 aliphatic heterocycles. The Balaban J connectivity index is 1.35. The number of ether oxygens (including phenoxy) is 2. The number of carbonyl (C=O) groups excluding carboxylic acids is 1. The summed E-state index contributed by atoms with van der Waals surface area (Å²) in [6, 6.07) is 0.121. The minimum absolute atomic E-state index is 0.0224. The standard InChI is InChI=1S/C19H28N6O3/c1-3-24-12-23-16-17(21-11-22-18(16)24)20-8-15-7-14(10-28-15)19(26)25-5-4-6-27-9-13(25)2/h11-15H,3-10H2,1-2H3,(H,20,21,22)/t13?,14-,15-/m0/s1. The van der Waals surface area contributed by atoms with Crippen LogP contribution in [0.15, 0.2) is 12.7 Å². The summed E-state index contributed by atoms with van der Waals surface area (Å²) in [7, 11) is 0. The maximum Gasteiger partial charge on any atom is 0.228 e. The van der Waals surface area contributed by atoms with Crippen LogP contribution in [0, 0.1) is 5.92 Å². The highest BCUT2D eigenvalue weighted by molar-refractivity contribution is 5.82. The van der Waals surface area contributed by atoms with Crippen LogP contribution in [0.5, 0.6) is 0 Å². The Morgan fingerprint density at radius 2 is 2.21 bits per heavy atom. The summed E-state index contributed by atoms with van der Waals surface area (Å²) in [5.74, 6) is 0.803. The number of nitrogens with one attached hydrogen (secondary N) is 1. The van der Waals surface area contributed by atoms with Gasteiger partial charge in [0, 0.05) is 26.2 Å². The molecule has 1 unspecified atom stereocenters. The van der Waals surface area contributed by atoms with Crippen LogP contribution in [0.1, 0.15) is 26.7 Å².